The Hall–Kier alpha value is -2.91. The highest BCUT2D eigenvalue weighted by Gasteiger charge is 2.16. The van der Waals surface area contributed by atoms with Gasteiger partial charge in [-0.1, -0.05) is 0 Å². The molecule has 5 N–H and O–H groups in total. The zero-order valence-corrected chi connectivity index (χ0v) is 14.5. The molecule has 9 heteroatoms. The van der Waals surface area contributed by atoms with Crippen LogP contribution in [0.5, 0.6) is 5.75 Å². The smallest absolute Gasteiger partial charge is 0.317 e. The second-order valence-corrected chi connectivity index (χ2v) is 6.77. The predicted octanol–water partition coefficient (Wildman–Crippen LogP) is 3.04. The minimum absolute atomic E-state index is 0.225. The quantitative estimate of drug-likeness (QED) is 0.614. The normalized spacial score (nSPS) is 10.4. The van der Waals surface area contributed by atoms with Gasteiger partial charge in [0.1, 0.15) is 17.4 Å². The van der Waals surface area contributed by atoms with Gasteiger partial charge in [0.05, 0.1) is 16.8 Å². The summed E-state index contributed by atoms with van der Waals surface area (Å²) in [5, 5.41) is 4.68. The van der Waals surface area contributed by atoms with E-state index < -0.39 is 11.9 Å². The first-order chi connectivity index (χ1) is 12.0. The van der Waals surface area contributed by atoms with Gasteiger partial charge in [0.25, 0.3) is 5.91 Å². The maximum Gasteiger partial charge on any atom is 0.317 e. The Labute approximate surface area is 151 Å². The molecule has 0 bridgehead atoms. The lowest BCUT2D eigenvalue weighted by Gasteiger charge is -2.05. The van der Waals surface area contributed by atoms with Crippen LogP contribution in [-0.4, -0.2) is 16.9 Å². The van der Waals surface area contributed by atoms with Crippen LogP contribution < -0.4 is 21.5 Å². The summed E-state index contributed by atoms with van der Waals surface area (Å²) >= 11 is 2.74. The SMILES string of the molecule is NC(=O)Nc1sc(-c2ccc(OCc3cscn3)cc2)cc1C(N)=O. The molecule has 1 aromatic carbocycles. The molecule has 3 aromatic rings. The molecule has 0 atom stereocenters. The maximum atomic E-state index is 11.5. The number of ether oxygens (including phenoxy) is 1. The number of carbonyl (C=O) groups is 2. The van der Waals surface area contributed by atoms with Gasteiger partial charge in [-0.25, -0.2) is 9.78 Å². The van der Waals surface area contributed by atoms with Crippen molar-refractivity contribution < 1.29 is 14.3 Å². The van der Waals surface area contributed by atoms with Crippen LogP contribution in [0.3, 0.4) is 0 Å². The molecule has 0 saturated carbocycles. The highest BCUT2D eigenvalue weighted by Crippen LogP contribution is 2.36. The van der Waals surface area contributed by atoms with Gasteiger partial charge in [0.2, 0.25) is 0 Å². The van der Waals surface area contributed by atoms with E-state index in [0.29, 0.717) is 17.4 Å². The van der Waals surface area contributed by atoms with Gasteiger partial charge in [-0.15, -0.1) is 22.7 Å². The van der Waals surface area contributed by atoms with E-state index in [1.165, 1.54) is 22.7 Å². The fraction of sp³-hybridized carbons (Fsp3) is 0.0625. The molecule has 0 aliphatic rings. The molecule has 0 aliphatic carbocycles. The molecule has 0 unspecified atom stereocenters. The van der Waals surface area contributed by atoms with Crippen LogP contribution in [0.4, 0.5) is 9.80 Å². The van der Waals surface area contributed by atoms with Crippen molar-refractivity contribution in [2.75, 3.05) is 5.32 Å². The zero-order valence-electron chi connectivity index (χ0n) is 12.9. The number of nitrogens with one attached hydrogen (secondary N) is 1. The van der Waals surface area contributed by atoms with Crippen molar-refractivity contribution in [3.8, 4) is 16.2 Å². The molecule has 0 spiro atoms. The topological polar surface area (TPSA) is 120 Å². The second kappa shape index (κ2) is 7.32. The van der Waals surface area contributed by atoms with Crippen molar-refractivity contribution in [1.29, 1.82) is 0 Å². The Morgan fingerprint density at radius 1 is 1.20 bits per heavy atom. The van der Waals surface area contributed by atoms with Gasteiger partial charge in [0, 0.05) is 10.3 Å². The number of amides is 3. The number of nitrogens with zero attached hydrogens (tertiary/aromatic N) is 1. The Kier molecular flexibility index (Phi) is 4.96. The molecular weight excluding hydrogens is 360 g/mol. The van der Waals surface area contributed by atoms with Crippen LogP contribution >= 0.6 is 22.7 Å². The Bertz CT molecular complexity index is 889. The summed E-state index contributed by atoms with van der Waals surface area (Å²) in [4.78, 5) is 27.5. The van der Waals surface area contributed by atoms with Crippen molar-refractivity contribution in [2.24, 2.45) is 11.5 Å². The molecule has 2 heterocycles. The summed E-state index contributed by atoms with van der Waals surface area (Å²) in [6, 6.07) is 8.26. The second-order valence-electron chi connectivity index (χ2n) is 5.00. The number of nitrogens with two attached hydrogens (primary N) is 2. The predicted molar refractivity (Wildman–Crippen MR) is 97.9 cm³/mol. The number of urea groups is 1. The Morgan fingerprint density at radius 2 is 1.96 bits per heavy atom. The Morgan fingerprint density at radius 3 is 2.56 bits per heavy atom. The third-order valence-electron chi connectivity index (χ3n) is 3.24. The fourth-order valence-electron chi connectivity index (χ4n) is 2.10. The van der Waals surface area contributed by atoms with Crippen molar-refractivity contribution >= 4 is 39.6 Å². The molecule has 128 valence electrons. The van der Waals surface area contributed by atoms with Gasteiger partial charge in [-0.2, -0.15) is 0 Å². The molecule has 0 aliphatic heterocycles. The number of hydrogen-bond acceptors (Lipinski definition) is 6. The standard InChI is InChI=1S/C16H14N4O3S2/c17-14(21)12-5-13(25-15(12)20-16(18)22)9-1-3-11(4-2-9)23-6-10-7-24-8-19-10/h1-5,7-8H,6H2,(H2,17,21)(H3,18,20,22). The molecule has 3 rings (SSSR count). The van der Waals surface area contributed by atoms with Crippen LogP contribution in [0.2, 0.25) is 0 Å². The summed E-state index contributed by atoms with van der Waals surface area (Å²) in [5.41, 5.74) is 14.2. The number of carbonyl (C=O) groups excluding carboxylic acids is 2. The first-order valence-electron chi connectivity index (χ1n) is 7.13. The largest absolute Gasteiger partial charge is 0.487 e. The lowest BCUT2D eigenvalue weighted by molar-refractivity contribution is 0.100. The summed E-state index contributed by atoms with van der Waals surface area (Å²) in [7, 11) is 0. The summed E-state index contributed by atoms with van der Waals surface area (Å²) in [6.07, 6.45) is 0. The van der Waals surface area contributed by atoms with Crippen LogP contribution in [-0.2, 0) is 6.61 Å². The molecule has 7 nitrogen and oxygen atoms in total. The van der Waals surface area contributed by atoms with Crippen LogP contribution in [0, 0.1) is 0 Å². The number of thiophene rings is 1. The molecule has 0 saturated heterocycles. The average molecular weight is 374 g/mol. The average Bonchev–Trinajstić information content (AvgIpc) is 3.22. The number of hydrogen-bond donors (Lipinski definition) is 3. The van der Waals surface area contributed by atoms with Crippen LogP contribution in [0.15, 0.2) is 41.2 Å². The summed E-state index contributed by atoms with van der Waals surface area (Å²) in [6.45, 7) is 0.403. The van der Waals surface area contributed by atoms with Crippen LogP contribution in [0.1, 0.15) is 16.1 Å². The number of rotatable bonds is 6. The van der Waals surface area contributed by atoms with E-state index in [-0.39, 0.29) is 5.56 Å². The van der Waals surface area contributed by atoms with E-state index in [0.717, 1.165) is 16.1 Å². The first-order valence-corrected chi connectivity index (χ1v) is 8.89. The van der Waals surface area contributed by atoms with E-state index in [9.17, 15) is 9.59 Å². The third kappa shape index (κ3) is 4.14. The first kappa shape index (κ1) is 16.9. The molecule has 25 heavy (non-hydrogen) atoms. The lowest BCUT2D eigenvalue weighted by atomic mass is 10.1. The van der Waals surface area contributed by atoms with E-state index >= 15 is 0 Å². The fourth-order valence-corrected chi connectivity index (χ4v) is 3.72. The van der Waals surface area contributed by atoms with Gasteiger partial charge < -0.3 is 16.2 Å². The van der Waals surface area contributed by atoms with E-state index in [4.69, 9.17) is 16.2 Å². The van der Waals surface area contributed by atoms with Crippen LogP contribution in [0.25, 0.3) is 10.4 Å². The number of anilines is 1. The molecular formula is C16H14N4O3S2. The number of aromatic nitrogens is 1. The van der Waals surface area contributed by atoms with Gasteiger partial charge >= 0.3 is 6.03 Å². The maximum absolute atomic E-state index is 11.5. The summed E-state index contributed by atoms with van der Waals surface area (Å²) < 4.78 is 5.66. The number of benzene rings is 1. The highest BCUT2D eigenvalue weighted by molar-refractivity contribution is 7.20. The lowest BCUT2D eigenvalue weighted by Crippen LogP contribution is -2.21. The van der Waals surface area contributed by atoms with Gasteiger partial charge in [0.15, 0.2) is 0 Å². The Balaban J connectivity index is 1.77. The van der Waals surface area contributed by atoms with Crippen molar-refractivity contribution in [3.05, 3.63) is 52.5 Å². The van der Waals surface area contributed by atoms with Gasteiger partial charge in [-0.3, -0.25) is 10.1 Å². The summed E-state index contributed by atoms with van der Waals surface area (Å²) in [5.74, 6) is 0.0772. The number of primary amides is 2. The van der Waals surface area contributed by atoms with Gasteiger partial charge in [-0.05, 0) is 35.9 Å². The van der Waals surface area contributed by atoms with E-state index in [2.05, 4.69) is 10.3 Å². The van der Waals surface area contributed by atoms with E-state index in [1.807, 2.05) is 29.6 Å². The van der Waals surface area contributed by atoms with Crippen molar-refractivity contribution in [2.45, 2.75) is 6.61 Å². The highest BCUT2D eigenvalue weighted by atomic mass is 32.1. The zero-order chi connectivity index (χ0) is 17.8. The monoisotopic (exact) mass is 374 g/mol. The molecule has 0 fully saturated rings. The molecule has 0 radical (unpaired) electrons. The van der Waals surface area contributed by atoms with Crippen molar-refractivity contribution in [1.82, 2.24) is 4.98 Å². The molecule has 3 amide bonds. The number of thiazole rings is 1. The molecule has 2 aromatic heterocycles. The van der Waals surface area contributed by atoms with Crippen molar-refractivity contribution in [3.63, 3.8) is 0 Å². The third-order valence-corrected chi connectivity index (χ3v) is 4.98. The minimum Gasteiger partial charge on any atom is -0.487 e. The minimum atomic E-state index is -0.748. The van der Waals surface area contributed by atoms with E-state index in [1.54, 1.807) is 11.6 Å².